The van der Waals surface area contributed by atoms with Crippen LogP contribution in [0, 0.1) is 11.8 Å². The van der Waals surface area contributed by atoms with Crippen molar-refractivity contribution in [3.63, 3.8) is 0 Å². The highest BCUT2D eigenvalue weighted by Gasteiger charge is 2.61. The molecule has 1 fully saturated rings. The van der Waals surface area contributed by atoms with Gasteiger partial charge in [0.15, 0.2) is 5.78 Å². The molecule has 0 radical (unpaired) electrons. The molecule has 3 aromatic carbocycles. The van der Waals surface area contributed by atoms with E-state index in [0.29, 0.717) is 11.3 Å². The third-order valence-corrected chi connectivity index (χ3v) is 6.96. The minimum atomic E-state index is -0.409. The molecule has 2 amide bonds. The number of nitrogens with zero attached hydrogens (tertiary/aromatic N) is 1. The van der Waals surface area contributed by atoms with Gasteiger partial charge in [-0.3, -0.25) is 14.4 Å². The highest BCUT2D eigenvalue weighted by molar-refractivity contribution is 6.23. The fourth-order valence-electron chi connectivity index (χ4n) is 5.80. The smallest absolute Gasteiger partial charge is 0.238 e. The van der Waals surface area contributed by atoms with Crippen molar-refractivity contribution in [3.8, 4) is 0 Å². The van der Waals surface area contributed by atoms with E-state index in [1.165, 1.54) is 11.8 Å². The largest absolute Gasteiger partial charge is 0.295 e. The van der Waals surface area contributed by atoms with E-state index < -0.39 is 11.8 Å². The van der Waals surface area contributed by atoms with E-state index in [4.69, 9.17) is 0 Å². The third kappa shape index (κ3) is 2.08. The first kappa shape index (κ1) is 17.3. The van der Waals surface area contributed by atoms with Gasteiger partial charge in [-0.2, -0.15) is 0 Å². The summed E-state index contributed by atoms with van der Waals surface area (Å²) in [4.78, 5) is 40.5. The zero-order valence-electron chi connectivity index (χ0n) is 16.4. The van der Waals surface area contributed by atoms with Gasteiger partial charge in [0.25, 0.3) is 0 Å². The number of Topliss-reactive ketones (excluding diaryl/α,β-unsaturated/α-hetero) is 1. The number of hydrogen-bond acceptors (Lipinski definition) is 3. The molecule has 2 atom stereocenters. The SMILES string of the molecule is CC(=O)c1cccc(N2C(=O)C3C4c5ccccc5C(c5ccccc54)C3C2=O)c1. The average Bonchev–Trinajstić information content (AvgIpc) is 3.04. The lowest BCUT2D eigenvalue weighted by Gasteiger charge is -2.45. The van der Waals surface area contributed by atoms with Crippen LogP contribution in [-0.2, 0) is 9.59 Å². The van der Waals surface area contributed by atoms with Crippen molar-refractivity contribution in [2.45, 2.75) is 18.8 Å². The van der Waals surface area contributed by atoms with Crippen molar-refractivity contribution in [1.29, 1.82) is 0 Å². The highest BCUT2D eigenvalue weighted by Crippen LogP contribution is 2.61. The number of amides is 2. The summed E-state index contributed by atoms with van der Waals surface area (Å²) in [6, 6.07) is 23.2. The average molecular weight is 393 g/mol. The van der Waals surface area contributed by atoms with Gasteiger partial charge in [-0.25, -0.2) is 4.90 Å². The van der Waals surface area contributed by atoms with Crippen molar-refractivity contribution in [2.75, 3.05) is 4.90 Å². The van der Waals surface area contributed by atoms with E-state index >= 15 is 0 Å². The van der Waals surface area contributed by atoms with E-state index in [2.05, 4.69) is 24.3 Å². The molecule has 3 aliphatic carbocycles. The molecule has 1 aliphatic heterocycles. The lowest BCUT2D eigenvalue weighted by molar-refractivity contribution is -0.122. The Hall–Kier alpha value is -3.53. The van der Waals surface area contributed by atoms with Gasteiger partial charge in [0.1, 0.15) is 0 Å². The van der Waals surface area contributed by atoms with Crippen LogP contribution in [0.3, 0.4) is 0 Å². The molecular formula is C26H19NO3. The standard InChI is InChI=1S/C26H19NO3/c1-14(28)15-7-6-8-16(13-15)27-25(29)23-21-17-9-2-3-10-18(17)22(24(23)26(27)30)20-12-5-4-11-19(20)21/h2-13,21-24H,1H3. The fraction of sp³-hybridized carbons (Fsp3) is 0.192. The summed E-state index contributed by atoms with van der Waals surface area (Å²) in [5.41, 5.74) is 5.61. The number of imide groups is 1. The second-order valence-corrected chi connectivity index (χ2v) is 8.38. The van der Waals surface area contributed by atoms with Gasteiger partial charge in [-0.15, -0.1) is 0 Å². The van der Waals surface area contributed by atoms with Crippen LogP contribution in [0.1, 0.15) is 51.4 Å². The molecule has 30 heavy (non-hydrogen) atoms. The van der Waals surface area contributed by atoms with E-state index in [1.54, 1.807) is 24.3 Å². The number of benzene rings is 3. The summed E-state index contributed by atoms with van der Waals surface area (Å²) in [5, 5.41) is 0. The van der Waals surface area contributed by atoms with Gasteiger partial charge >= 0.3 is 0 Å². The molecule has 4 nitrogen and oxygen atoms in total. The van der Waals surface area contributed by atoms with Gasteiger partial charge < -0.3 is 0 Å². The first-order chi connectivity index (χ1) is 14.6. The van der Waals surface area contributed by atoms with Crippen molar-refractivity contribution in [2.24, 2.45) is 11.8 Å². The first-order valence-electron chi connectivity index (χ1n) is 10.2. The number of carbonyl (C=O) groups is 3. The Labute approximate surface area is 174 Å². The monoisotopic (exact) mass is 393 g/mol. The predicted molar refractivity (Wildman–Crippen MR) is 112 cm³/mol. The Morgan fingerprint density at radius 3 is 1.60 bits per heavy atom. The van der Waals surface area contributed by atoms with Gasteiger partial charge in [-0.1, -0.05) is 60.7 Å². The molecule has 4 heteroatoms. The van der Waals surface area contributed by atoms with Gasteiger partial charge in [0.2, 0.25) is 11.8 Å². The van der Waals surface area contributed by atoms with E-state index in [9.17, 15) is 14.4 Å². The Morgan fingerprint density at radius 1 is 0.700 bits per heavy atom. The van der Waals surface area contributed by atoms with Crippen molar-refractivity contribution in [3.05, 3.63) is 101 Å². The highest BCUT2D eigenvalue weighted by atomic mass is 16.2. The van der Waals surface area contributed by atoms with E-state index in [1.807, 2.05) is 24.3 Å². The molecule has 3 aromatic rings. The molecule has 1 saturated heterocycles. The van der Waals surface area contributed by atoms with Crippen LogP contribution in [-0.4, -0.2) is 17.6 Å². The number of ketones is 1. The lowest BCUT2D eigenvalue weighted by Crippen LogP contribution is -2.41. The molecule has 4 aliphatic rings. The Bertz CT molecular complexity index is 1140. The minimum Gasteiger partial charge on any atom is -0.295 e. The lowest BCUT2D eigenvalue weighted by atomic mass is 9.55. The summed E-state index contributed by atoms with van der Waals surface area (Å²) in [7, 11) is 0. The maximum absolute atomic E-state index is 13.7. The van der Waals surface area contributed by atoms with Crippen molar-refractivity contribution >= 4 is 23.3 Å². The molecular weight excluding hydrogens is 374 g/mol. The van der Waals surface area contributed by atoms with Crippen LogP contribution in [0.15, 0.2) is 72.8 Å². The molecule has 146 valence electrons. The molecule has 0 N–H and O–H groups in total. The van der Waals surface area contributed by atoms with Crippen molar-refractivity contribution < 1.29 is 14.4 Å². The Morgan fingerprint density at radius 2 is 1.17 bits per heavy atom. The summed E-state index contributed by atoms with van der Waals surface area (Å²) < 4.78 is 0. The molecule has 0 saturated carbocycles. The summed E-state index contributed by atoms with van der Waals surface area (Å²) >= 11 is 0. The van der Waals surface area contributed by atoms with Crippen LogP contribution >= 0.6 is 0 Å². The van der Waals surface area contributed by atoms with Crippen LogP contribution in [0.4, 0.5) is 5.69 Å². The Kier molecular flexibility index (Phi) is 3.46. The first-order valence-corrected chi connectivity index (χ1v) is 10.2. The van der Waals surface area contributed by atoms with Gasteiger partial charge in [-0.05, 0) is 41.3 Å². The second kappa shape index (κ2) is 5.99. The second-order valence-electron chi connectivity index (χ2n) is 8.38. The molecule has 7 rings (SSSR count). The number of anilines is 1. The predicted octanol–water partition coefficient (Wildman–Crippen LogP) is 4.29. The zero-order chi connectivity index (χ0) is 20.6. The molecule has 2 unspecified atom stereocenters. The van der Waals surface area contributed by atoms with Crippen molar-refractivity contribution in [1.82, 2.24) is 0 Å². The topological polar surface area (TPSA) is 54.5 Å². The minimum absolute atomic E-state index is 0.0896. The third-order valence-electron chi connectivity index (χ3n) is 6.96. The quantitative estimate of drug-likeness (QED) is 0.482. The summed E-state index contributed by atoms with van der Waals surface area (Å²) in [6.45, 7) is 1.49. The number of carbonyl (C=O) groups excluding carboxylic acids is 3. The Balaban J connectivity index is 1.54. The molecule has 0 spiro atoms. The summed E-state index contributed by atoms with van der Waals surface area (Å²) in [5.74, 6) is -1.47. The molecule has 2 bridgehead atoms. The van der Waals surface area contributed by atoms with Gasteiger partial charge in [0, 0.05) is 17.4 Å². The van der Waals surface area contributed by atoms with E-state index in [-0.39, 0.29) is 29.4 Å². The molecule has 1 heterocycles. The van der Waals surface area contributed by atoms with Gasteiger partial charge in [0.05, 0.1) is 17.5 Å². The van der Waals surface area contributed by atoms with Crippen LogP contribution in [0.2, 0.25) is 0 Å². The number of rotatable bonds is 2. The van der Waals surface area contributed by atoms with Crippen LogP contribution < -0.4 is 4.90 Å². The molecule has 0 aromatic heterocycles. The maximum atomic E-state index is 13.7. The summed E-state index contributed by atoms with van der Waals surface area (Å²) in [6.07, 6.45) is 0. The normalized spacial score (nSPS) is 25.7. The zero-order valence-corrected chi connectivity index (χ0v) is 16.4. The number of hydrogen-bond donors (Lipinski definition) is 0. The van der Waals surface area contributed by atoms with Crippen LogP contribution in [0.25, 0.3) is 0 Å². The van der Waals surface area contributed by atoms with Crippen LogP contribution in [0.5, 0.6) is 0 Å². The maximum Gasteiger partial charge on any atom is 0.238 e. The van der Waals surface area contributed by atoms with E-state index in [0.717, 1.165) is 22.3 Å². The fourth-order valence-corrected chi connectivity index (χ4v) is 5.80.